The fourth-order valence-electron chi connectivity index (χ4n) is 5.18. The highest BCUT2D eigenvalue weighted by Crippen LogP contribution is 2.38. The molecule has 0 amide bonds. The van der Waals surface area contributed by atoms with Gasteiger partial charge in [0, 0.05) is 53.4 Å². The molecule has 3 N–H and O–H groups in total. The third-order valence-electron chi connectivity index (χ3n) is 6.74. The van der Waals surface area contributed by atoms with Gasteiger partial charge in [-0.25, -0.2) is 4.39 Å². The van der Waals surface area contributed by atoms with Gasteiger partial charge in [-0.2, -0.15) is 9.97 Å². The lowest BCUT2D eigenvalue weighted by Gasteiger charge is -2.34. The van der Waals surface area contributed by atoms with Crippen LogP contribution < -0.4 is 20.7 Å². The van der Waals surface area contributed by atoms with E-state index in [1.54, 1.807) is 12.3 Å². The number of piperazine rings is 1. The van der Waals surface area contributed by atoms with Gasteiger partial charge in [-0.3, -0.25) is 4.98 Å². The second kappa shape index (κ2) is 8.86. The van der Waals surface area contributed by atoms with Gasteiger partial charge in [-0.05, 0) is 31.2 Å². The van der Waals surface area contributed by atoms with E-state index in [-0.39, 0.29) is 29.9 Å². The van der Waals surface area contributed by atoms with Crippen LogP contribution in [0.1, 0.15) is 19.8 Å². The molecule has 2 fully saturated rings. The first-order valence-corrected chi connectivity index (χ1v) is 12.3. The first-order valence-electron chi connectivity index (χ1n) is 11.9. The number of hydrogen-bond donors (Lipinski definition) is 2. The van der Waals surface area contributed by atoms with Crippen LogP contribution in [-0.2, 0) is 0 Å². The van der Waals surface area contributed by atoms with Crippen molar-refractivity contribution in [2.24, 2.45) is 5.73 Å². The number of aromatic nitrogens is 3. The minimum absolute atomic E-state index is 0.114. The number of nitrogens with one attached hydrogen (secondary N) is 1. The second-order valence-electron chi connectivity index (χ2n) is 9.49. The van der Waals surface area contributed by atoms with Crippen molar-refractivity contribution in [3.05, 3.63) is 53.4 Å². The molecular weight excluding hydrogens is 467 g/mol. The summed E-state index contributed by atoms with van der Waals surface area (Å²) >= 11 is 6.52. The van der Waals surface area contributed by atoms with Crippen LogP contribution in [0.4, 0.5) is 10.2 Å². The maximum atomic E-state index is 16.2. The number of anilines is 1. The third-order valence-corrected chi connectivity index (χ3v) is 7.06. The molecule has 9 heteroatoms. The number of halogens is 2. The Morgan fingerprint density at radius 3 is 2.66 bits per heavy atom. The van der Waals surface area contributed by atoms with Crippen LogP contribution in [0.5, 0.6) is 6.01 Å². The largest absolute Gasteiger partial charge is 0.462 e. The topological polar surface area (TPSA) is 89.2 Å². The zero-order valence-corrected chi connectivity index (χ0v) is 20.1. The van der Waals surface area contributed by atoms with Crippen LogP contribution in [0.25, 0.3) is 32.9 Å². The molecule has 2 saturated heterocycles. The third kappa shape index (κ3) is 4.05. The maximum Gasteiger partial charge on any atom is 0.319 e. The number of rotatable bonds is 5. The van der Waals surface area contributed by atoms with E-state index in [0.29, 0.717) is 33.9 Å². The number of benzene rings is 2. The minimum Gasteiger partial charge on any atom is -0.462 e. The molecule has 0 unspecified atom stereocenters. The number of ether oxygens (including phenoxy) is 1. The van der Waals surface area contributed by atoms with E-state index in [9.17, 15) is 0 Å². The number of pyridine rings is 1. The van der Waals surface area contributed by atoms with Crippen molar-refractivity contribution in [2.75, 3.05) is 24.6 Å². The fraction of sp³-hybridized carbons (Fsp3) is 0.346. The summed E-state index contributed by atoms with van der Waals surface area (Å²) in [7, 11) is 0. The Balaban J connectivity index is 1.53. The van der Waals surface area contributed by atoms with Crippen LogP contribution in [0.15, 0.2) is 42.6 Å². The second-order valence-corrected chi connectivity index (χ2v) is 9.89. The van der Waals surface area contributed by atoms with Crippen molar-refractivity contribution in [3.63, 3.8) is 0 Å². The highest BCUT2D eigenvalue weighted by atomic mass is 35.5. The number of hydrogen-bond acceptors (Lipinski definition) is 7. The van der Waals surface area contributed by atoms with Crippen molar-refractivity contribution in [1.29, 1.82) is 0 Å². The summed E-state index contributed by atoms with van der Waals surface area (Å²) in [5.41, 5.74) is 6.87. The fourth-order valence-corrected chi connectivity index (χ4v) is 5.47. The molecule has 35 heavy (non-hydrogen) atoms. The molecule has 0 spiro atoms. The molecule has 0 radical (unpaired) electrons. The Kier molecular flexibility index (Phi) is 5.67. The number of fused-ring (bicyclic) bond motifs is 4. The van der Waals surface area contributed by atoms with Crippen molar-refractivity contribution >= 4 is 39.1 Å². The van der Waals surface area contributed by atoms with E-state index in [1.165, 1.54) is 0 Å². The van der Waals surface area contributed by atoms with Gasteiger partial charge in [-0.15, -0.1) is 0 Å². The van der Waals surface area contributed by atoms with Gasteiger partial charge in [-0.1, -0.05) is 41.9 Å². The average molecular weight is 493 g/mol. The number of nitrogens with two attached hydrogens (primary N) is 1. The zero-order valence-electron chi connectivity index (χ0n) is 19.3. The van der Waals surface area contributed by atoms with Crippen LogP contribution in [-0.4, -0.2) is 52.8 Å². The molecule has 2 aliphatic heterocycles. The van der Waals surface area contributed by atoms with Gasteiger partial charge in [0.2, 0.25) is 0 Å². The Hall–Kier alpha value is -3.07. The Morgan fingerprint density at radius 1 is 1.17 bits per heavy atom. The normalized spacial score (nSPS) is 20.5. The lowest BCUT2D eigenvalue weighted by atomic mass is 10.0. The van der Waals surface area contributed by atoms with Crippen molar-refractivity contribution in [1.82, 2.24) is 20.3 Å². The van der Waals surface area contributed by atoms with Gasteiger partial charge >= 0.3 is 6.01 Å². The Labute approximate surface area is 207 Å². The molecule has 6 rings (SSSR count). The number of nitrogens with zero attached hydrogens (tertiary/aromatic N) is 4. The van der Waals surface area contributed by atoms with Gasteiger partial charge in [0.1, 0.15) is 23.6 Å². The van der Waals surface area contributed by atoms with E-state index in [0.717, 1.165) is 36.7 Å². The van der Waals surface area contributed by atoms with E-state index in [2.05, 4.69) is 25.2 Å². The van der Waals surface area contributed by atoms with Crippen molar-refractivity contribution in [3.8, 4) is 17.3 Å². The van der Waals surface area contributed by atoms with E-state index < -0.39 is 5.82 Å². The zero-order chi connectivity index (χ0) is 24.1. The van der Waals surface area contributed by atoms with Crippen molar-refractivity contribution in [2.45, 2.75) is 37.9 Å². The van der Waals surface area contributed by atoms with E-state index in [4.69, 9.17) is 22.1 Å². The van der Waals surface area contributed by atoms with E-state index in [1.807, 2.05) is 37.3 Å². The van der Waals surface area contributed by atoms with Gasteiger partial charge in [0.25, 0.3) is 0 Å². The monoisotopic (exact) mass is 492 g/mol. The van der Waals surface area contributed by atoms with Crippen LogP contribution in [0.3, 0.4) is 0 Å². The summed E-state index contributed by atoms with van der Waals surface area (Å²) in [4.78, 5) is 15.9. The highest BCUT2D eigenvalue weighted by Gasteiger charge is 2.34. The van der Waals surface area contributed by atoms with Crippen LogP contribution in [0.2, 0.25) is 5.02 Å². The molecule has 4 aromatic rings. The first kappa shape index (κ1) is 22.4. The average Bonchev–Trinajstić information content (AvgIpc) is 3.20. The minimum atomic E-state index is -0.526. The Bertz CT molecular complexity index is 1410. The molecule has 4 heterocycles. The summed E-state index contributed by atoms with van der Waals surface area (Å²) in [6.45, 7) is 3.65. The Morgan fingerprint density at radius 2 is 1.91 bits per heavy atom. The first-order chi connectivity index (χ1) is 17.0. The molecule has 0 saturated carbocycles. The lowest BCUT2D eigenvalue weighted by Crippen LogP contribution is -2.51. The van der Waals surface area contributed by atoms with E-state index >= 15 is 4.39 Å². The van der Waals surface area contributed by atoms with Gasteiger partial charge in [0.05, 0.1) is 5.39 Å². The van der Waals surface area contributed by atoms with Gasteiger partial charge in [0.15, 0.2) is 5.82 Å². The molecule has 2 bridgehead atoms. The molecule has 2 aromatic carbocycles. The predicted molar refractivity (Wildman–Crippen MR) is 137 cm³/mol. The maximum absolute atomic E-state index is 16.2. The quantitative estimate of drug-likeness (QED) is 0.429. The summed E-state index contributed by atoms with van der Waals surface area (Å²) in [5, 5.41) is 6.39. The SMILES string of the molecule is C[C@H](N)COc1nc(N2C[C@H]3CC[C@@H](C2)N3)c2cnc(-c3cccc4cccc(Cl)c34)c(F)c2n1. The molecule has 180 valence electrons. The molecular formula is C26H26ClFN6O. The molecule has 0 aliphatic carbocycles. The summed E-state index contributed by atoms with van der Waals surface area (Å²) in [6.07, 6.45) is 3.91. The van der Waals surface area contributed by atoms with Gasteiger partial charge < -0.3 is 20.7 Å². The smallest absolute Gasteiger partial charge is 0.319 e. The molecule has 3 atom stereocenters. The lowest BCUT2D eigenvalue weighted by molar-refractivity contribution is 0.274. The van der Waals surface area contributed by atoms with Crippen LogP contribution in [0, 0.1) is 5.82 Å². The van der Waals surface area contributed by atoms with Crippen LogP contribution >= 0.6 is 11.6 Å². The molecule has 2 aliphatic rings. The van der Waals surface area contributed by atoms with Crippen molar-refractivity contribution < 1.29 is 9.13 Å². The molecule has 2 aromatic heterocycles. The summed E-state index contributed by atoms with van der Waals surface area (Å²) in [5.74, 6) is 0.115. The summed E-state index contributed by atoms with van der Waals surface area (Å²) in [6, 6.07) is 12.0. The highest BCUT2D eigenvalue weighted by molar-refractivity contribution is 6.36. The standard InChI is InChI=1S/C26H26ClFN6O/c1-14(29)13-35-26-32-24-19(25(33-26)34-11-16-8-9-17(12-34)31-16)10-30-23(22(24)28)18-6-2-4-15-5-3-7-20(27)21(15)18/h2-7,10,14,16-17,31H,8-9,11-13,29H2,1H3/t14-,16-,17+/m0/s1. The predicted octanol–water partition coefficient (Wildman–Crippen LogP) is 4.30. The molecule has 7 nitrogen and oxygen atoms in total. The summed E-state index contributed by atoms with van der Waals surface area (Å²) < 4.78 is 22.0.